The zero-order chi connectivity index (χ0) is 19.3. The molecule has 3 aromatic rings. The molecule has 2 atom stereocenters. The molecule has 0 amide bonds. The number of rotatable bonds is 3. The van der Waals surface area contributed by atoms with Gasteiger partial charge in [0.2, 0.25) is 5.72 Å². The average molecular weight is 391 g/mol. The molecule has 7 heteroatoms. The number of nitro benzene ring substituents is 1. The predicted octanol–water partition coefficient (Wildman–Crippen LogP) is 5.07. The number of hydrazone groups is 1. The maximum absolute atomic E-state index is 11.0. The number of para-hydroxylation sites is 1. The average Bonchev–Trinajstić information content (AvgIpc) is 3.38. The molecule has 140 valence electrons. The van der Waals surface area contributed by atoms with E-state index < -0.39 is 10.6 Å². The van der Waals surface area contributed by atoms with Gasteiger partial charge in [-0.25, -0.2) is 5.01 Å². The number of non-ortho nitro benzene ring substituents is 1. The number of benzene rings is 2. The molecule has 0 bridgehead atoms. The number of hydrogen-bond donors (Lipinski definition) is 0. The van der Waals surface area contributed by atoms with Crippen LogP contribution in [0.15, 0.2) is 71.1 Å². The molecule has 0 aliphatic carbocycles. The molecule has 2 unspecified atom stereocenters. The van der Waals surface area contributed by atoms with E-state index in [1.54, 1.807) is 23.5 Å². The first-order valence-corrected chi connectivity index (χ1v) is 9.88. The highest BCUT2D eigenvalue weighted by Crippen LogP contribution is 2.50. The molecule has 3 heterocycles. The van der Waals surface area contributed by atoms with Crippen molar-refractivity contribution in [3.05, 3.63) is 92.2 Å². The normalized spacial score (nSPS) is 22.8. The Hall–Kier alpha value is -3.19. The van der Waals surface area contributed by atoms with Crippen LogP contribution in [0, 0.1) is 10.1 Å². The molecular formula is C21H17N3O3S. The molecule has 2 aliphatic heterocycles. The molecular weight excluding hydrogens is 374 g/mol. The summed E-state index contributed by atoms with van der Waals surface area (Å²) in [6.45, 7) is 1.97. The molecule has 0 fully saturated rings. The standard InChI is InChI=1S/C21H17N3O3S/c1-21(14-8-10-15(11-9-14)24(25)26)23-18(16-5-2-3-6-19(16)27-21)13-17(22-23)20-7-4-12-28-20/h2-12,18H,13H2,1H3. The molecule has 28 heavy (non-hydrogen) atoms. The van der Waals surface area contributed by atoms with Crippen molar-refractivity contribution in [2.75, 3.05) is 0 Å². The first kappa shape index (κ1) is 16.9. The molecule has 5 rings (SSSR count). The fourth-order valence-electron chi connectivity index (χ4n) is 3.93. The largest absolute Gasteiger partial charge is 0.462 e. The van der Waals surface area contributed by atoms with Crippen molar-refractivity contribution in [2.24, 2.45) is 5.10 Å². The Bertz CT molecular complexity index is 1080. The summed E-state index contributed by atoms with van der Waals surface area (Å²) in [5.74, 6) is 0.826. The number of nitrogens with zero attached hydrogens (tertiary/aromatic N) is 3. The first-order valence-electron chi connectivity index (χ1n) is 9.00. The van der Waals surface area contributed by atoms with Gasteiger partial charge in [-0.1, -0.05) is 24.3 Å². The summed E-state index contributed by atoms with van der Waals surface area (Å²) in [4.78, 5) is 11.8. The number of fused-ring (bicyclic) bond motifs is 3. The van der Waals surface area contributed by atoms with Crippen LogP contribution in [-0.4, -0.2) is 15.6 Å². The zero-order valence-corrected chi connectivity index (χ0v) is 15.9. The number of thiophene rings is 1. The van der Waals surface area contributed by atoms with E-state index in [4.69, 9.17) is 9.84 Å². The van der Waals surface area contributed by atoms with E-state index in [2.05, 4.69) is 17.5 Å². The maximum Gasteiger partial charge on any atom is 0.269 e. The van der Waals surface area contributed by atoms with Crippen molar-refractivity contribution in [1.82, 2.24) is 5.01 Å². The number of hydrogen-bond acceptors (Lipinski definition) is 6. The topological polar surface area (TPSA) is 68.0 Å². The van der Waals surface area contributed by atoms with Crippen molar-refractivity contribution in [1.29, 1.82) is 0 Å². The molecule has 0 radical (unpaired) electrons. The first-order chi connectivity index (χ1) is 13.6. The summed E-state index contributed by atoms with van der Waals surface area (Å²) in [6.07, 6.45) is 0.795. The number of nitro groups is 1. The Balaban J connectivity index is 1.63. The van der Waals surface area contributed by atoms with Crippen LogP contribution >= 0.6 is 11.3 Å². The number of ether oxygens (including phenoxy) is 1. The van der Waals surface area contributed by atoms with Crippen molar-refractivity contribution >= 4 is 22.7 Å². The Morgan fingerprint density at radius 1 is 1.18 bits per heavy atom. The van der Waals surface area contributed by atoms with E-state index in [0.29, 0.717) is 0 Å². The van der Waals surface area contributed by atoms with E-state index in [9.17, 15) is 10.1 Å². The highest BCUT2D eigenvalue weighted by Gasteiger charge is 2.48. The monoisotopic (exact) mass is 391 g/mol. The van der Waals surface area contributed by atoms with Crippen LogP contribution in [0.4, 0.5) is 5.69 Å². The van der Waals surface area contributed by atoms with Gasteiger partial charge >= 0.3 is 0 Å². The van der Waals surface area contributed by atoms with Crippen LogP contribution in [0.1, 0.15) is 35.4 Å². The molecule has 0 saturated carbocycles. The maximum atomic E-state index is 11.0. The van der Waals surface area contributed by atoms with E-state index in [-0.39, 0.29) is 11.7 Å². The fourth-order valence-corrected chi connectivity index (χ4v) is 4.65. The lowest BCUT2D eigenvalue weighted by Gasteiger charge is -2.45. The van der Waals surface area contributed by atoms with Crippen molar-refractivity contribution < 1.29 is 9.66 Å². The smallest absolute Gasteiger partial charge is 0.269 e. The molecule has 1 aromatic heterocycles. The molecule has 0 N–H and O–H groups in total. The van der Waals surface area contributed by atoms with E-state index in [1.807, 2.05) is 36.2 Å². The predicted molar refractivity (Wildman–Crippen MR) is 108 cm³/mol. The molecule has 2 aliphatic rings. The van der Waals surface area contributed by atoms with E-state index in [0.717, 1.165) is 33.9 Å². The van der Waals surface area contributed by atoms with E-state index >= 15 is 0 Å². The third-order valence-electron chi connectivity index (χ3n) is 5.35. The third kappa shape index (κ3) is 2.51. The van der Waals surface area contributed by atoms with Crippen molar-refractivity contribution in [3.8, 4) is 5.75 Å². The minimum atomic E-state index is -0.854. The van der Waals surface area contributed by atoms with Gasteiger partial charge in [-0.3, -0.25) is 10.1 Å². The van der Waals surface area contributed by atoms with Crippen LogP contribution in [0.5, 0.6) is 5.75 Å². The SMILES string of the molecule is CC1(c2ccc([N+](=O)[O-])cc2)Oc2ccccc2C2CC(c3cccs3)=NN21. The molecule has 0 saturated heterocycles. The summed E-state index contributed by atoms with van der Waals surface area (Å²) in [5, 5.41) is 20.0. The zero-order valence-electron chi connectivity index (χ0n) is 15.1. The lowest BCUT2D eigenvalue weighted by Crippen LogP contribution is -2.48. The van der Waals surface area contributed by atoms with Gasteiger partial charge in [0, 0.05) is 36.6 Å². The van der Waals surface area contributed by atoms with Gasteiger partial charge in [-0.15, -0.1) is 11.3 Å². The fraction of sp³-hybridized carbons (Fsp3) is 0.190. The second-order valence-electron chi connectivity index (χ2n) is 7.02. The van der Waals surface area contributed by atoms with Gasteiger partial charge in [0.25, 0.3) is 5.69 Å². The lowest BCUT2D eigenvalue weighted by molar-refractivity contribution is -0.384. The Morgan fingerprint density at radius 2 is 1.96 bits per heavy atom. The summed E-state index contributed by atoms with van der Waals surface area (Å²) in [7, 11) is 0. The van der Waals surface area contributed by atoms with Crippen molar-refractivity contribution in [2.45, 2.75) is 25.1 Å². The van der Waals surface area contributed by atoms with Crippen LogP contribution in [-0.2, 0) is 5.72 Å². The Labute approximate surface area is 165 Å². The summed E-state index contributed by atoms with van der Waals surface area (Å²) in [6, 6.07) is 18.7. The Morgan fingerprint density at radius 3 is 2.68 bits per heavy atom. The highest BCUT2D eigenvalue weighted by molar-refractivity contribution is 7.12. The van der Waals surface area contributed by atoms with Crippen molar-refractivity contribution in [3.63, 3.8) is 0 Å². The molecule has 6 nitrogen and oxygen atoms in total. The Kier molecular flexibility index (Phi) is 3.73. The minimum Gasteiger partial charge on any atom is -0.462 e. The second-order valence-corrected chi connectivity index (χ2v) is 7.96. The summed E-state index contributed by atoms with van der Waals surface area (Å²) < 4.78 is 6.44. The van der Waals surface area contributed by atoms with Crippen LogP contribution in [0.2, 0.25) is 0 Å². The van der Waals surface area contributed by atoms with E-state index in [1.165, 1.54) is 12.1 Å². The van der Waals surface area contributed by atoms with Gasteiger partial charge in [0.1, 0.15) is 5.75 Å². The lowest BCUT2D eigenvalue weighted by atomic mass is 9.93. The van der Waals surface area contributed by atoms with Crippen LogP contribution < -0.4 is 4.74 Å². The quantitative estimate of drug-likeness (QED) is 0.462. The minimum absolute atomic E-state index is 0.0576. The second kappa shape index (κ2) is 6.17. The van der Waals surface area contributed by atoms with Gasteiger partial charge < -0.3 is 4.74 Å². The van der Waals surface area contributed by atoms with Gasteiger partial charge in [-0.2, -0.15) is 5.10 Å². The van der Waals surface area contributed by atoms with Crippen LogP contribution in [0.25, 0.3) is 0 Å². The molecule has 2 aromatic carbocycles. The van der Waals surface area contributed by atoms with Crippen LogP contribution in [0.3, 0.4) is 0 Å². The molecule has 0 spiro atoms. The van der Waals surface area contributed by atoms with Gasteiger partial charge in [0.15, 0.2) is 0 Å². The van der Waals surface area contributed by atoms with Gasteiger partial charge in [-0.05, 0) is 29.6 Å². The third-order valence-corrected chi connectivity index (χ3v) is 6.27. The highest BCUT2D eigenvalue weighted by atomic mass is 32.1. The van der Waals surface area contributed by atoms with Gasteiger partial charge in [0.05, 0.1) is 21.6 Å². The summed E-state index contributed by atoms with van der Waals surface area (Å²) in [5.41, 5.74) is 2.18. The summed E-state index contributed by atoms with van der Waals surface area (Å²) >= 11 is 1.67.